The normalized spacial score (nSPS) is 14.4. The molecule has 3 aromatic carbocycles. The van der Waals surface area contributed by atoms with Crippen LogP contribution in [0.2, 0.25) is 0 Å². The lowest BCUT2D eigenvalue weighted by Crippen LogP contribution is -2.32. The molecule has 0 aliphatic carbocycles. The minimum atomic E-state index is -0.606. The highest BCUT2D eigenvalue weighted by atomic mass is 35.5. The number of hydrogen-bond donors (Lipinski definition) is 2. The Morgan fingerprint density at radius 3 is 2.35 bits per heavy atom. The van der Waals surface area contributed by atoms with Gasteiger partial charge in [0.05, 0.1) is 11.4 Å². The van der Waals surface area contributed by atoms with E-state index in [4.69, 9.17) is 11.6 Å². The second kappa shape index (κ2) is 6.20. The zero-order valence-corrected chi connectivity index (χ0v) is 14.2. The number of phenolic OH excluding ortho intramolecular Hbond substituents is 1. The molecule has 0 aromatic heterocycles. The van der Waals surface area contributed by atoms with E-state index in [1.54, 1.807) is 30.3 Å². The molecule has 1 heterocycles. The molecule has 128 valence electrons. The third kappa shape index (κ3) is 2.50. The van der Waals surface area contributed by atoms with E-state index >= 15 is 0 Å². The Balaban J connectivity index is 1.76. The Morgan fingerprint density at radius 2 is 1.54 bits per heavy atom. The maximum Gasteiger partial charge on any atom is 0.283 e. The van der Waals surface area contributed by atoms with Gasteiger partial charge in [-0.25, -0.2) is 4.90 Å². The minimum Gasteiger partial charge on any atom is -0.506 e. The third-order valence-electron chi connectivity index (χ3n) is 4.20. The van der Waals surface area contributed by atoms with Gasteiger partial charge in [0.25, 0.3) is 11.8 Å². The minimum absolute atomic E-state index is 0.0478. The average Bonchev–Trinajstić information content (AvgIpc) is 2.86. The Labute approximate surface area is 154 Å². The number of rotatable bonds is 3. The van der Waals surface area contributed by atoms with Crippen molar-refractivity contribution in [1.29, 1.82) is 0 Å². The highest BCUT2D eigenvalue weighted by molar-refractivity contribution is 6.53. The molecule has 4 rings (SSSR count). The number of fused-ring (bicyclic) bond motifs is 1. The van der Waals surface area contributed by atoms with Gasteiger partial charge in [-0.3, -0.25) is 9.59 Å². The number of imide groups is 1. The molecule has 6 heteroatoms. The SMILES string of the molecule is O=C1C(Cl)=C(Nc2ccccc2O)C(=O)N1c1cccc2ccccc12. The van der Waals surface area contributed by atoms with Crippen LogP contribution < -0.4 is 10.2 Å². The summed E-state index contributed by atoms with van der Waals surface area (Å²) < 4.78 is 0. The molecule has 3 aromatic rings. The first-order chi connectivity index (χ1) is 12.6. The number of carbonyl (C=O) groups excluding carboxylic acids is 2. The number of phenols is 1. The van der Waals surface area contributed by atoms with Gasteiger partial charge in [0, 0.05) is 5.39 Å². The van der Waals surface area contributed by atoms with Crippen LogP contribution >= 0.6 is 11.6 Å². The predicted octanol–water partition coefficient (Wildman–Crippen LogP) is 3.98. The summed E-state index contributed by atoms with van der Waals surface area (Å²) in [5, 5.41) is 14.1. The largest absolute Gasteiger partial charge is 0.506 e. The summed E-state index contributed by atoms with van der Waals surface area (Å²) in [7, 11) is 0. The fraction of sp³-hybridized carbons (Fsp3) is 0. The Bertz CT molecular complexity index is 1090. The smallest absolute Gasteiger partial charge is 0.283 e. The van der Waals surface area contributed by atoms with Crippen molar-refractivity contribution in [2.45, 2.75) is 0 Å². The van der Waals surface area contributed by atoms with Crippen molar-refractivity contribution in [1.82, 2.24) is 0 Å². The van der Waals surface area contributed by atoms with Gasteiger partial charge in [-0.1, -0.05) is 60.1 Å². The van der Waals surface area contributed by atoms with Crippen LogP contribution in [-0.2, 0) is 9.59 Å². The molecule has 2 N–H and O–H groups in total. The van der Waals surface area contributed by atoms with Crippen LogP contribution in [0.1, 0.15) is 0 Å². The molecule has 5 nitrogen and oxygen atoms in total. The summed E-state index contributed by atoms with van der Waals surface area (Å²) in [6.07, 6.45) is 0. The molecule has 0 saturated heterocycles. The topological polar surface area (TPSA) is 69.6 Å². The van der Waals surface area contributed by atoms with Crippen LogP contribution in [0.25, 0.3) is 10.8 Å². The number of para-hydroxylation sites is 2. The molecular weight excluding hydrogens is 352 g/mol. The standard InChI is InChI=1S/C20H13ClN2O3/c21-17-18(22-14-9-3-4-11-16(14)24)20(26)23(19(17)25)15-10-5-7-12-6-1-2-8-13(12)15/h1-11,22,24H. The number of anilines is 2. The second-order valence-electron chi connectivity index (χ2n) is 5.78. The lowest BCUT2D eigenvalue weighted by atomic mass is 10.1. The monoisotopic (exact) mass is 364 g/mol. The molecule has 1 aliphatic rings. The Kier molecular flexibility index (Phi) is 3.86. The van der Waals surface area contributed by atoms with Gasteiger partial charge >= 0.3 is 0 Å². The van der Waals surface area contributed by atoms with E-state index in [0.717, 1.165) is 15.7 Å². The number of benzene rings is 3. The van der Waals surface area contributed by atoms with Crippen molar-refractivity contribution in [3.8, 4) is 5.75 Å². The van der Waals surface area contributed by atoms with Crippen molar-refractivity contribution in [2.75, 3.05) is 10.2 Å². The van der Waals surface area contributed by atoms with E-state index in [-0.39, 0.29) is 16.5 Å². The second-order valence-corrected chi connectivity index (χ2v) is 6.15. The van der Waals surface area contributed by atoms with Crippen molar-refractivity contribution in [2.24, 2.45) is 0 Å². The number of nitrogens with one attached hydrogen (secondary N) is 1. The number of aromatic hydroxyl groups is 1. The maximum absolute atomic E-state index is 12.9. The first-order valence-corrected chi connectivity index (χ1v) is 8.27. The molecule has 2 amide bonds. The lowest BCUT2D eigenvalue weighted by molar-refractivity contribution is -0.120. The molecule has 0 unspecified atom stereocenters. The van der Waals surface area contributed by atoms with Gasteiger partial charge in [0.1, 0.15) is 16.5 Å². The molecule has 0 spiro atoms. The molecule has 0 fully saturated rings. The Hall–Kier alpha value is -3.31. The van der Waals surface area contributed by atoms with E-state index in [0.29, 0.717) is 11.4 Å². The summed E-state index contributed by atoms with van der Waals surface area (Å²) >= 11 is 6.15. The van der Waals surface area contributed by atoms with Gasteiger partial charge in [0.2, 0.25) is 0 Å². The van der Waals surface area contributed by atoms with Crippen molar-refractivity contribution in [3.63, 3.8) is 0 Å². The summed E-state index contributed by atoms with van der Waals surface area (Å²) in [6, 6.07) is 19.3. The zero-order chi connectivity index (χ0) is 18.3. The van der Waals surface area contributed by atoms with Crippen molar-refractivity contribution < 1.29 is 14.7 Å². The van der Waals surface area contributed by atoms with Gasteiger partial charge in [0.15, 0.2) is 0 Å². The number of nitrogens with zero attached hydrogens (tertiary/aromatic N) is 1. The van der Waals surface area contributed by atoms with Gasteiger partial charge in [-0.15, -0.1) is 0 Å². The summed E-state index contributed by atoms with van der Waals surface area (Å²) in [4.78, 5) is 26.6. The van der Waals surface area contributed by atoms with Gasteiger partial charge in [-0.05, 0) is 23.6 Å². The van der Waals surface area contributed by atoms with Crippen LogP contribution in [0.15, 0.2) is 77.5 Å². The molecule has 0 radical (unpaired) electrons. The summed E-state index contributed by atoms with van der Waals surface area (Å²) in [6.45, 7) is 0. The molecular formula is C20H13ClN2O3. The fourth-order valence-corrected chi connectivity index (χ4v) is 3.16. The average molecular weight is 365 g/mol. The quantitative estimate of drug-likeness (QED) is 0.544. The van der Waals surface area contributed by atoms with E-state index in [1.807, 2.05) is 30.3 Å². The van der Waals surface area contributed by atoms with E-state index < -0.39 is 11.8 Å². The number of carbonyl (C=O) groups is 2. The highest BCUT2D eigenvalue weighted by Crippen LogP contribution is 2.35. The fourth-order valence-electron chi connectivity index (χ4n) is 2.95. The van der Waals surface area contributed by atoms with E-state index in [9.17, 15) is 14.7 Å². The number of amides is 2. The summed E-state index contributed by atoms with van der Waals surface area (Å²) in [5.74, 6) is -1.22. The van der Waals surface area contributed by atoms with Crippen molar-refractivity contribution >= 4 is 45.6 Å². The predicted molar refractivity (Wildman–Crippen MR) is 101 cm³/mol. The summed E-state index contributed by atoms with van der Waals surface area (Å²) in [5.41, 5.74) is 0.693. The van der Waals surface area contributed by atoms with Gasteiger partial charge < -0.3 is 10.4 Å². The third-order valence-corrected chi connectivity index (χ3v) is 4.55. The van der Waals surface area contributed by atoms with Crippen LogP contribution in [0.5, 0.6) is 5.75 Å². The molecule has 0 bridgehead atoms. The Morgan fingerprint density at radius 1 is 0.846 bits per heavy atom. The van der Waals surface area contributed by atoms with E-state index in [2.05, 4.69) is 5.32 Å². The molecule has 26 heavy (non-hydrogen) atoms. The molecule has 0 saturated carbocycles. The lowest BCUT2D eigenvalue weighted by Gasteiger charge is -2.17. The first kappa shape index (κ1) is 16.2. The number of halogens is 1. The number of hydrogen-bond acceptors (Lipinski definition) is 4. The maximum atomic E-state index is 12.9. The van der Waals surface area contributed by atoms with E-state index in [1.165, 1.54) is 6.07 Å². The molecule has 1 aliphatic heterocycles. The van der Waals surface area contributed by atoms with Crippen LogP contribution in [0, 0.1) is 0 Å². The van der Waals surface area contributed by atoms with Gasteiger partial charge in [-0.2, -0.15) is 0 Å². The highest BCUT2D eigenvalue weighted by Gasteiger charge is 2.39. The van der Waals surface area contributed by atoms with Crippen LogP contribution in [0.4, 0.5) is 11.4 Å². The first-order valence-electron chi connectivity index (χ1n) is 7.89. The molecule has 0 atom stereocenters. The van der Waals surface area contributed by atoms with Crippen molar-refractivity contribution in [3.05, 3.63) is 77.5 Å². The van der Waals surface area contributed by atoms with Crippen LogP contribution in [-0.4, -0.2) is 16.9 Å². The van der Waals surface area contributed by atoms with Crippen LogP contribution in [0.3, 0.4) is 0 Å². The zero-order valence-electron chi connectivity index (χ0n) is 13.4.